The SMILES string of the molecule is O=C(N1CCC[C@@H](C(F)(F)F)C1)C1(S(=O)(=O)c2ccc(Cl)cc2)CCCC1. The molecular weight excluding hydrogens is 403 g/mol. The Kier molecular flexibility index (Phi) is 5.51. The third-order valence-electron chi connectivity index (χ3n) is 5.61. The van der Waals surface area contributed by atoms with E-state index in [9.17, 15) is 26.4 Å². The van der Waals surface area contributed by atoms with Crippen molar-refractivity contribution in [2.45, 2.75) is 54.3 Å². The summed E-state index contributed by atoms with van der Waals surface area (Å²) in [4.78, 5) is 14.3. The highest BCUT2D eigenvalue weighted by Crippen LogP contribution is 2.43. The Hall–Kier alpha value is -1.28. The molecule has 2 fully saturated rings. The number of halogens is 4. The minimum absolute atomic E-state index is 0.0217. The van der Waals surface area contributed by atoms with Crippen molar-refractivity contribution in [3.8, 4) is 0 Å². The van der Waals surface area contributed by atoms with E-state index in [0.29, 0.717) is 17.9 Å². The molecule has 0 N–H and O–H groups in total. The van der Waals surface area contributed by atoms with Gasteiger partial charge in [0.25, 0.3) is 0 Å². The molecule has 3 rings (SSSR count). The molecule has 2 aliphatic rings. The van der Waals surface area contributed by atoms with Crippen LogP contribution in [-0.2, 0) is 14.6 Å². The van der Waals surface area contributed by atoms with Gasteiger partial charge in [-0.15, -0.1) is 0 Å². The van der Waals surface area contributed by atoms with E-state index in [4.69, 9.17) is 11.6 Å². The predicted molar refractivity (Wildman–Crippen MR) is 95.2 cm³/mol. The first kappa shape index (κ1) is 20.5. The zero-order valence-electron chi connectivity index (χ0n) is 14.6. The molecule has 4 nitrogen and oxygen atoms in total. The van der Waals surface area contributed by atoms with Gasteiger partial charge in [-0.25, -0.2) is 8.42 Å². The summed E-state index contributed by atoms with van der Waals surface area (Å²) in [5.74, 6) is -2.30. The number of likely N-dealkylation sites (tertiary alicyclic amines) is 1. The normalized spacial score (nSPS) is 23.4. The van der Waals surface area contributed by atoms with Crippen LogP contribution in [0.5, 0.6) is 0 Å². The molecular formula is C18H21ClF3NO3S. The molecule has 1 aromatic rings. The van der Waals surface area contributed by atoms with E-state index in [1.54, 1.807) is 0 Å². The van der Waals surface area contributed by atoms with Crippen molar-refractivity contribution in [2.75, 3.05) is 13.1 Å². The molecule has 0 aromatic heterocycles. The van der Waals surface area contributed by atoms with Crippen LogP contribution < -0.4 is 0 Å². The molecule has 1 atom stereocenters. The summed E-state index contributed by atoms with van der Waals surface area (Å²) < 4.78 is 64.3. The van der Waals surface area contributed by atoms with Crippen LogP contribution in [0.4, 0.5) is 13.2 Å². The van der Waals surface area contributed by atoms with Gasteiger partial charge in [-0.05, 0) is 49.9 Å². The minimum Gasteiger partial charge on any atom is -0.341 e. The van der Waals surface area contributed by atoms with Gasteiger partial charge in [0.15, 0.2) is 14.6 Å². The van der Waals surface area contributed by atoms with E-state index >= 15 is 0 Å². The number of carbonyl (C=O) groups is 1. The summed E-state index contributed by atoms with van der Waals surface area (Å²) in [6.07, 6.45) is -2.85. The standard InChI is InChI=1S/C18H21ClF3NO3S/c19-14-5-7-15(8-6-14)27(25,26)17(9-1-2-10-17)16(24)23-11-3-4-13(12-23)18(20,21)22/h5-8,13H,1-4,9-12H2/t13-/m1/s1. The lowest BCUT2D eigenvalue weighted by atomic mass is 9.95. The Morgan fingerprint density at radius 2 is 1.70 bits per heavy atom. The van der Waals surface area contributed by atoms with Crippen LogP contribution >= 0.6 is 11.6 Å². The highest BCUT2D eigenvalue weighted by atomic mass is 35.5. The monoisotopic (exact) mass is 423 g/mol. The Bertz CT molecular complexity index is 802. The highest BCUT2D eigenvalue weighted by molar-refractivity contribution is 7.93. The van der Waals surface area contributed by atoms with Gasteiger partial charge in [0.2, 0.25) is 5.91 Å². The second-order valence-electron chi connectivity index (χ2n) is 7.29. The maximum atomic E-state index is 13.3. The van der Waals surface area contributed by atoms with E-state index < -0.39 is 39.1 Å². The average molecular weight is 424 g/mol. The third-order valence-corrected chi connectivity index (χ3v) is 8.37. The molecule has 1 aliphatic carbocycles. The molecule has 9 heteroatoms. The number of piperidine rings is 1. The molecule has 0 radical (unpaired) electrons. The molecule has 150 valence electrons. The highest BCUT2D eigenvalue weighted by Gasteiger charge is 2.55. The number of amides is 1. The predicted octanol–water partition coefficient (Wildman–Crippen LogP) is 4.23. The molecule has 0 unspecified atom stereocenters. The van der Waals surface area contributed by atoms with Gasteiger partial charge < -0.3 is 4.90 Å². The van der Waals surface area contributed by atoms with Crippen LogP contribution in [0.2, 0.25) is 5.02 Å². The summed E-state index contributed by atoms with van der Waals surface area (Å²) in [5.41, 5.74) is 0. The summed E-state index contributed by atoms with van der Waals surface area (Å²) in [5, 5.41) is 0.366. The maximum absolute atomic E-state index is 13.3. The van der Waals surface area contributed by atoms with Gasteiger partial charge in [-0.2, -0.15) is 13.2 Å². The Labute approximate surface area is 161 Å². The lowest BCUT2D eigenvalue weighted by Crippen LogP contribution is -2.55. The van der Waals surface area contributed by atoms with Gasteiger partial charge in [0, 0.05) is 18.1 Å². The second-order valence-corrected chi connectivity index (χ2v) is 9.99. The van der Waals surface area contributed by atoms with E-state index in [-0.39, 0.29) is 37.1 Å². The van der Waals surface area contributed by atoms with Gasteiger partial charge in [-0.1, -0.05) is 24.4 Å². The number of hydrogen-bond acceptors (Lipinski definition) is 3. The van der Waals surface area contributed by atoms with E-state index in [0.717, 1.165) is 4.90 Å². The quantitative estimate of drug-likeness (QED) is 0.731. The van der Waals surface area contributed by atoms with Crippen molar-refractivity contribution < 1.29 is 26.4 Å². The van der Waals surface area contributed by atoms with Crippen molar-refractivity contribution in [1.82, 2.24) is 4.90 Å². The number of rotatable bonds is 3. The molecule has 1 saturated carbocycles. The summed E-state index contributed by atoms with van der Waals surface area (Å²) >= 11 is 5.82. The largest absolute Gasteiger partial charge is 0.393 e. The van der Waals surface area contributed by atoms with Crippen molar-refractivity contribution in [3.05, 3.63) is 29.3 Å². The lowest BCUT2D eigenvalue weighted by Gasteiger charge is -2.39. The van der Waals surface area contributed by atoms with Crippen LogP contribution in [0.1, 0.15) is 38.5 Å². The Balaban J connectivity index is 1.94. The fourth-order valence-electron chi connectivity index (χ4n) is 4.10. The average Bonchev–Trinajstić information content (AvgIpc) is 3.12. The number of hydrogen-bond donors (Lipinski definition) is 0. The third kappa shape index (κ3) is 3.70. The smallest absolute Gasteiger partial charge is 0.341 e. The van der Waals surface area contributed by atoms with E-state index in [2.05, 4.69) is 0 Å². The molecule has 0 bridgehead atoms. The number of sulfone groups is 1. The zero-order valence-corrected chi connectivity index (χ0v) is 16.2. The molecule has 1 aliphatic heterocycles. The van der Waals surface area contributed by atoms with Crippen molar-refractivity contribution >= 4 is 27.3 Å². The van der Waals surface area contributed by atoms with Crippen molar-refractivity contribution in [2.24, 2.45) is 5.92 Å². The lowest BCUT2D eigenvalue weighted by molar-refractivity contribution is -0.188. The number of alkyl halides is 3. The second kappa shape index (κ2) is 7.28. The fraction of sp³-hybridized carbons (Fsp3) is 0.611. The number of benzene rings is 1. The maximum Gasteiger partial charge on any atom is 0.393 e. The van der Waals surface area contributed by atoms with Crippen LogP contribution in [-0.4, -0.2) is 43.2 Å². The molecule has 0 spiro atoms. The molecule has 1 heterocycles. The molecule has 1 amide bonds. The van der Waals surface area contributed by atoms with Crippen molar-refractivity contribution in [3.63, 3.8) is 0 Å². The molecule has 1 saturated heterocycles. The number of nitrogens with zero attached hydrogens (tertiary/aromatic N) is 1. The number of carbonyl (C=O) groups excluding carboxylic acids is 1. The van der Waals surface area contributed by atoms with Crippen LogP contribution in [0.15, 0.2) is 29.2 Å². The van der Waals surface area contributed by atoms with Crippen LogP contribution in [0.3, 0.4) is 0 Å². The molecule has 27 heavy (non-hydrogen) atoms. The Morgan fingerprint density at radius 1 is 1.11 bits per heavy atom. The van der Waals surface area contributed by atoms with Crippen LogP contribution in [0.25, 0.3) is 0 Å². The Morgan fingerprint density at radius 3 is 2.26 bits per heavy atom. The van der Waals surface area contributed by atoms with Crippen LogP contribution in [0, 0.1) is 5.92 Å². The fourth-order valence-corrected chi connectivity index (χ4v) is 6.36. The van der Waals surface area contributed by atoms with E-state index in [1.165, 1.54) is 24.3 Å². The van der Waals surface area contributed by atoms with Gasteiger partial charge in [0.1, 0.15) is 0 Å². The first-order valence-corrected chi connectivity index (χ1v) is 10.8. The van der Waals surface area contributed by atoms with Gasteiger partial charge in [0.05, 0.1) is 10.8 Å². The topological polar surface area (TPSA) is 54.5 Å². The molecule has 1 aromatic carbocycles. The van der Waals surface area contributed by atoms with Gasteiger partial charge in [-0.3, -0.25) is 4.79 Å². The van der Waals surface area contributed by atoms with Crippen molar-refractivity contribution in [1.29, 1.82) is 0 Å². The summed E-state index contributed by atoms with van der Waals surface area (Å²) in [7, 11) is -4.05. The minimum atomic E-state index is -4.39. The summed E-state index contributed by atoms with van der Waals surface area (Å²) in [6, 6.07) is 5.56. The van der Waals surface area contributed by atoms with Gasteiger partial charge >= 0.3 is 6.18 Å². The zero-order chi connectivity index (χ0) is 19.9. The van der Waals surface area contributed by atoms with E-state index in [1.807, 2.05) is 0 Å². The first-order chi connectivity index (χ1) is 12.6. The first-order valence-electron chi connectivity index (χ1n) is 8.94. The summed E-state index contributed by atoms with van der Waals surface area (Å²) in [6.45, 7) is -0.316.